The molecule has 0 aliphatic carbocycles. The molecule has 0 spiro atoms. The summed E-state index contributed by atoms with van der Waals surface area (Å²) in [4.78, 5) is 11.1. The van der Waals surface area contributed by atoms with E-state index in [2.05, 4.69) is 50.0 Å². The molecule has 0 radical (unpaired) electrons. The van der Waals surface area contributed by atoms with Gasteiger partial charge in [-0.3, -0.25) is 0 Å². The molecule has 19 heavy (non-hydrogen) atoms. The maximum Gasteiger partial charge on any atom is 0.333 e. The van der Waals surface area contributed by atoms with E-state index in [1.54, 1.807) is 6.92 Å². The monoisotopic (exact) mass is 265 g/mol. The van der Waals surface area contributed by atoms with Crippen LogP contribution in [0.15, 0.2) is 36.5 Å². The molecule has 0 saturated carbocycles. The first-order valence-corrected chi connectivity index (χ1v) is 6.95. The van der Waals surface area contributed by atoms with Gasteiger partial charge in [0.25, 0.3) is 0 Å². The van der Waals surface area contributed by atoms with Crippen LogP contribution in [0.4, 0.5) is 0 Å². The molecular formula is C16H27NO2. The highest BCUT2D eigenvalue weighted by Gasteiger charge is 2.03. The van der Waals surface area contributed by atoms with Crippen molar-refractivity contribution in [2.75, 3.05) is 13.2 Å². The minimum Gasteiger partial charge on any atom is -0.461 e. The molecule has 1 N–H and O–H groups in total. The average Bonchev–Trinajstić information content (AvgIpc) is 2.38. The van der Waals surface area contributed by atoms with E-state index in [1.807, 2.05) is 0 Å². The van der Waals surface area contributed by atoms with Gasteiger partial charge in [-0.1, -0.05) is 44.2 Å². The number of carbonyl (C=O) groups is 1. The number of rotatable bonds is 10. The Balaban J connectivity index is 3.56. The summed E-state index contributed by atoms with van der Waals surface area (Å²) in [5.74, 6) is -0.324. The zero-order valence-electron chi connectivity index (χ0n) is 12.4. The second-order valence-corrected chi connectivity index (χ2v) is 4.65. The van der Waals surface area contributed by atoms with Crippen LogP contribution in [0.3, 0.4) is 0 Å². The molecule has 0 aromatic heterocycles. The lowest BCUT2D eigenvalue weighted by atomic mass is 10.2. The number of allylic oxidation sites excluding steroid dienone is 3. The van der Waals surface area contributed by atoms with Crippen LogP contribution in [0.25, 0.3) is 0 Å². The quantitative estimate of drug-likeness (QED) is 0.285. The third kappa shape index (κ3) is 11.5. The van der Waals surface area contributed by atoms with Gasteiger partial charge in [0.2, 0.25) is 0 Å². The van der Waals surface area contributed by atoms with Crippen molar-refractivity contribution in [2.24, 2.45) is 0 Å². The largest absolute Gasteiger partial charge is 0.461 e. The van der Waals surface area contributed by atoms with Gasteiger partial charge in [0.05, 0.1) is 0 Å². The minimum atomic E-state index is -0.324. The van der Waals surface area contributed by atoms with Gasteiger partial charge in [-0.2, -0.15) is 0 Å². The highest BCUT2D eigenvalue weighted by Crippen LogP contribution is 1.95. The summed E-state index contributed by atoms with van der Waals surface area (Å²) in [6, 6.07) is 0.374. The number of carbonyl (C=O) groups excluding carboxylic acids is 1. The Labute approximate surface area is 117 Å². The van der Waals surface area contributed by atoms with Crippen molar-refractivity contribution < 1.29 is 9.53 Å². The number of nitrogens with one attached hydrogen (secondary N) is 1. The van der Waals surface area contributed by atoms with E-state index in [0.717, 1.165) is 12.8 Å². The van der Waals surface area contributed by atoms with Gasteiger partial charge < -0.3 is 10.1 Å². The highest BCUT2D eigenvalue weighted by molar-refractivity contribution is 5.86. The minimum absolute atomic E-state index is 0.324. The molecule has 3 heteroatoms. The Kier molecular flexibility index (Phi) is 10.9. The van der Waals surface area contributed by atoms with Crippen LogP contribution in [0.1, 0.15) is 40.0 Å². The Bertz CT molecular complexity index is 319. The SMILES string of the molecule is C=C(C)C(=O)OCCNC(C)CC=CC=CCCC. The number of hydrogen-bond acceptors (Lipinski definition) is 3. The summed E-state index contributed by atoms with van der Waals surface area (Å²) in [5.41, 5.74) is 0.440. The zero-order chi connectivity index (χ0) is 14.5. The standard InChI is InChI=1S/C16H27NO2/c1-5-6-7-8-9-10-11-15(4)17-12-13-19-16(18)14(2)3/h7-10,15,17H,2,5-6,11-13H2,1,3-4H3. The number of ether oxygens (including phenoxy) is 1. The van der Waals surface area contributed by atoms with Crippen molar-refractivity contribution in [3.05, 3.63) is 36.5 Å². The molecule has 1 unspecified atom stereocenters. The number of esters is 1. The first-order valence-electron chi connectivity index (χ1n) is 6.95. The topological polar surface area (TPSA) is 38.3 Å². The molecule has 0 bridgehead atoms. The van der Waals surface area contributed by atoms with Crippen LogP contribution < -0.4 is 5.32 Å². The maximum absolute atomic E-state index is 11.1. The fraction of sp³-hybridized carbons (Fsp3) is 0.562. The Morgan fingerprint density at radius 2 is 2.05 bits per heavy atom. The first-order chi connectivity index (χ1) is 9.07. The van der Waals surface area contributed by atoms with E-state index in [-0.39, 0.29) is 5.97 Å². The van der Waals surface area contributed by atoms with E-state index in [0.29, 0.717) is 24.8 Å². The lowest BCUT2D eigenvalue weighted by Gasteiger charge is -2.11. The van der Waals surface area contributed by atoms with Crippen molar-refractivity contribution in [2.45, 2.75) is 46.1 Å². The molecule has 0 aliphatic heterocycles. The van der Waals surface area contributed by atoms with Crippen LogP contribution >= 0.6 is 0 Å². The third-order valence-electron chi connectivity index (χ3n) is 2.50. The van der Waals surface area contributed by atoms with Crippen LogP contribution in [0, 0.1) is 0 Å². The molecule has 0 aromatic rings. The maximum atomic E-state index is 11.1. The first kappa shape index (κ1) is 17.6. The predicted octanol–water partition coefficient (Wildman–Crippen LogP) is 3.39. The molecule has 3 nitrogen and oxygen atoms in total. The normalized spacial score (nSPS) is 13.0. The number of hydrogen-bond donors (Lipinski definition) is 1. The fourth-order valence-electron chi connectivity index (χ4n) is 1.36. The summed E-state index contributed by atoms with van der Waals surface area (Å²) in [6.07, 6.45) is 11.8. The molecule has 0 fully saturated rings. The van der Waals surface area contributed by atoms with Crippen molar-refractivity contribution >= 4 is 5.97 Å². The third-order valence-corrected chi connectivity index (χ3v) is 2.50. The summed E-state index contributed by atoms with van der Waals surface area (Å²) in [7, 11) is 0. The predicted molar refractivity (Wildman–Crippen MR) is 81.0 cm³/mol. The van der Waals surface area contributed by atoms with Gasteiger partial charge in [-0.15, -0.1) is 0 Å². The van der Waals surface area contributed by atoms with Crippen molar-refractivity contribution in [1.82, 2.24) is 5.32 Å². The summed E-state index contributed by atoms with van der Waals surface area (Å²) < 4.78 is 4.99. The van der Waals surface area contributed by atoms with Gasteiger partial charge in [0.1, 0.15) is 6.61 Å². The molecule has 0 saturated heterocycles. The number of unbranched alkanes of at least 4 members (excludes halogenated alkanes) is 1. The zero-order valence-corrected chi connectivity index (χ0v) is 12.4. The smallest absolute Gasteiger partial charge is 0.333 e. The fourth-order valence-corrected chi connectivity index (χ4v) is 1.36. The van der Waals surface area contributed by atoms with Crippen molar-refractivity contribution in [3.63, 3.8) is 0 Å². The lowest BCUT2D eigenvalue weighted by Crippen LogP contribution is -2.29. The van der Waals surface area contributed by atoms with E-state index in [9.17, 15) is 4.79 Å². The molecule has 0 aromatic carbocycles. The summed E-state index contributed by atoms with van der Waals surface area (Å²) in [6.45, 7) is 10.5. The van der Waals surface area contributed by atoms with Crippen LogP contribution in [0.2, 0.25) is 0 Å². The Morgan fingerprint density at radius 1 is 1.37 bits per heavy atom. The Morgan fingerprint density at radius 3 is 2.68 bits per heavy atom. The molecule has 0 amide bonds. The van der Waals surface area contributed by atoms with Crippen LogP contribution in [-0.2, 0) is 9.53 Å². The van der Waals surface area contributed by atoms with Gasteiger partial charge >= 0.3 is 5.97 Å². The van der Waals surface area contributed by atoms with Gasteiger partial charge in [-0.25, -0.2) is 4.79 Å². The molecule has 108 valence electrons. The van der Waals surface area contributed by atoms with Crippen LogP contribution in [0.5, 0.6) is 0 Å². The second-order valence-electron chi connectivity index (χ2n) is 4.65. The van der Waals surface area contributed by atoms with E-state index >= 15 is 0 Å². The molecule has 1 atom stereocenters. The van der Waals surface area contributed by atoms with E-state index < -0.39 is 0 Å². The van der Waals surface area contributed by atoms with Crippen molar-refractivity contribution in [1.29, 1.82) is 0 Å². The van der Waals surface area contributed by atoms with E-state index in [1.165, 1.54) is 6.42 Å². The molecule has 0 heterocycles. The van der Waals surface area contributed by atoms with Gasteiger partial charge in [0, 0.05) is 18.2 Å². The van der Waals surface area contributed by atoms with Gasteiger partial charge in [0.15, 0.2) is 0 Å². The lowest BCUT2D eigenvalue weighted by molar-refractivity contribution is -0.138. The van der Waals surface area contributed by atoms with Crippen molar-refractivity contribution in [3.8, 4) is 0 Å². The molecular weight excluding hydrogens is 238 g/mol. The van der Waals surface area contributed by atoms with Gasteiger partial charge in [-0.05, 0) is 26.7 Å². The van der Waals surface area contributed by atoms with Crippen LogP contribution in [-0.4, -0.2) is 25.2 Å². The molecule has 0 aliphatic rings. The highest BCUT2D eigenvalue weighted by atomic mass is 16.5. The molecule has 0 rings (SSSR count). The average molecular weight is 265 g/mol. The summed E-state index contributed by atoms with van der Waals surface area (Å²) in [5, 5.41) is 3.30. The second kappa shape index (κ2) is 11.7. The summed E-state index contributed by atoms with van der Waals surface area (Å²) >= 11 is 0. The van der Waals surface area contributed by atoms with E-state index in [4.69, 9.17) is 4.74 Å². The Hall–Kier alpha value is -1.35.